The summed E-state index contributed by atoms with van der Waals surface area (Å²) in [6, 6.07) is 14.2. The number of pyridine rings is 1. The van der Waals surface area contributed by atoms with Crippen molar-refractivity contribution < 1.29 is 5.11 Å². The standard InChI is InChI=1S/C27H27NO2/c1-14-9-7-11-20(17(14)4)22-13-16(3)19(6)25-23(22)26(29)24(27(30)28-25)21-12-8-10-15(2)18(21)5/h7-13H,1-6H3,(H2,28,29,30). The summed E-state index contributed by atoms with van der Waals surface area (Å²) in [5, 5.41) is 12.2. The first-order valence-corrected chi connectivity index (χ1v) is 10.2. The molecule has 1 heterocycles. The Kier molecular flexibility index (Phi) is 4.77. The number of hydrogen-bond acceptors (Lipinski definition) is 2. The lowest BCUT2D eigenvalue weighted by atomic mass is 9.88. The molecule has 0 amide bonds. The van der Waals surface area contributed by atoms with Gasteiger partial charge in [-0.05, 0) is 91.6 Å². The van der Waals surface area contributed by atoms with Crippen LogP contribution in [0.15, 0.2) is 47.3 Å². The lowest BCUT2D eigenvalue weighted by Crippen LogP contribution is -2.12. The van der Waals surface area contributed by atoms with E-state index in [9.17, 15) is 9.90 Å². The number of rotatable bonds is 2. The van der Waals surface area contributed by atoms with E-state index in [4.69, 9.17) is 0 Å². The molecule has 0 radical (unpaired) electrons. The van der Waals surface area contributed by atoms with E-state index in [2.05, 4.69) is 37.0 Å². The number of aromatic hydroxyl groups is 1. The molecule has 4 rings (SSSR count). The van der Waals surface area contributed by atoms with Crippen LogP contribution in [0.1, 0.15) is 33.4 Å². The van der Waals surface area contributed by atoms with Gasteiger partial charge in [-0.1, -0.05) is 42.5 Å². The van der Waals surface area contributed by atoms with Gasteiger partial charge in [0.25, 0.3) is 5.56 Å². The smallest absolute Gasteiger partial charge is 0.260 e. The van der Waals surface area contributed by atoms with E-state index in [0.29, 0.717) is 16.5 Å². The Morgan fingerprint density at radius 2 is 1.27 bits per heavy atom. The van der Waals surface area contributed by atoms with E-state index in [1.165, 1.54) is 11.1 Å². The molecule has 3 aromatic carbocycles. The molecule has 0 saturated carbocycles. The van der Waals surface area contributed by atoms with Gasteiger partial charge in [-0.15, -0.1) is 0 Å². The van der Waals surface area contributed by atoms with Crippen LogP contribution in [0.2, 0.25) is 0 Å². The van der Waals surface area contributed by atoms with Gasteiger partial charge in [-0.3, -0.25) is 4.79 Å². The molecule has 0 aliphatic carbocycles. The average Bonchev–Trinajstić information content (AvgIpc) is 2.70. The second-order valence-corrected chi connectivity index (χ2v) is 8.29. The summed E-state index contributed by atoms with van der Waals surface area (Å²) < 4.78 is 0. The van der Waals surface area contributed by atoms with Gasteiger partial charge in [-0.2, -0.15) is 0 Å². The van der Waals surface area contributed by atoms with Gasteiger partial charge in [0, 0.05) is 5.39 Å². The molecule has 0 spiro atoms. The number of hydrogen-bond donors (Lipinski definition) is 2. The molecular weight excluding hydrogens is 370 g/mol. The third kappa shape index (κ3) is 2.93. The molecule has 152 valence electrons. The van der Waals surface area contributed by atoms with Gasteiger partial charge >= 0.3 is 0 Å². The third-order valence-corrected chi connectivity index (χ3v) is 6.55. The van der Waals surface area contributed by atoms with Gasteiger partial charge in [0.05, 0.1) is 11.1 Å². The summed E-state index contributed by atoms with van der Waals surface area (Å²) in [6.45, 7) is 12.2. The summed E-state index contributed by atoms with van der Waals surface area (Å²) >= 11 is 0. The fourth-order valence-corrected chi connectivity index (χ4v) is 4.25. The van der Waals surface area contributed by atoms with Gasteiger partial charge in [0.1, 0.15) is 5.75 Å². The average molecular weight is 398 g/mol. The summed E-state index contributed by atoms with van der Waals surface area (Å²) in [7, 11) is 0. The van der Waals surface area contributed by atoms with E-state index in [0.717, 1.165) is 38.9 Å². The first-order valence-electron chi connectivity index (χ1n) is 10.2. The van der Waals surface area contributed by atoms with Crippen LogP contribution in [0.25, 0.3) is 33.2 Å². The Morgan fingerprint density at radius 3 is 1.90 bits per heavy atom. The highest BCUT2D eigenvalue weighted by atomic mass is 16.3. The van der Waals surface area contributed by atoms with E-state index in [1.807, 2.05) is 52.0 Å². The lowest BCUT2D eigenvalue weighted by Gasteiger charge is -2.18. The molecule has 30 heavy (non-hydrogen) atoms. The molecule has 3 heteroatoms. The van der Waals surface area contributed by atoms with Gasteiger partial charge in [0.2, 0.25) is 0 Å². The van der Waals surface area contributed by atoms with Crippen molar-refractivity contribution in [2.24, 2.45) is 0 Å². The van der Waals surface area contributed by atoms with E-state index >= 15 is 0 Å². The Labute approximate surface area is 177 Å². The lowest BCUT2D eigenvalue weighted by molar-refractivity contribution is 0.482. The maximum atomic E-state index is 13.1. The minimum atomic E-state index is -0.269. The van der Waals surface area contributed by atoms with Crippen molar-refractivity contribution in [2.45, 2.75) is 41.5 Å². The molecule has 0 unspecified atom stereocenters. The number of H-pyrrole nitrogens is 1. The van der Waals surface area contributed by atoms with Gasteiger partial charge in [0.15, 0.2) is 0 Å². The van der Waals surface area contributed by atoms with Crippen molar-refractivity contribution in [1.82, 2.24) is 4.98 Å². The first kappa shape index (κ1) is 20.0. The summed E-state index contributed by atoms with van der Waals surface area (Å²) in [6.07, 6.45) is 0. The van der Waals surface area contributed by atoms with Crippen LogP contribution in [0, 0.1) is 41.5 Å². The molecule has 1 aromatic heterocycles. The first-order chi connectivity index (χ1) is 14.2. The topological polar surface area (TPSA) is 53.1 Å². The monoisotopic (exact) mass is 397 g/mol. The highest BCUT2D eigenvalue weighted by molar-refractivity contribution is 6.05. The second-order valence-electron chi connectivity index (χ2n) is 8.29. The molecule has 0 aliphatic rings. The van der Waals surface area contributed by atoms with Crippen LogP contribution in [0.3, 0.4) is 0 Å². The highest BCUT2D eigenvalue weighted by Crippen LogP contribution is 2.42. The third-order valence-electron chi connectivity index (χ3n) is 6.55. The fraction of sp³-hybridized carbons (Fsp3) is 0.222. The largest absolute Gasteiger partial charge is 0.506 e. The van der Waals surface area contributed by atoms with Gasteiger partial charge in [-0.25, -0.2) is 0 Å². The van der Waals surface area contributed by atoms with Crippen LogP contribution in [-0.4, -0.2) is 10.1 Å². The van der Waals surface area contributed by atoms with Crippen molar-refractivity contribution >= 4 is 10.9 Å². The Morgan fingerprint density at radius 1 is 0.700 bits per heavy atom. The fourth-order valence-electron chi connectivity index (χ4n) is 4.25. The van der Waals surface area contributed by atoms with Crippen molar-refractivity contribution in [3.63, 3.8) is 0 Å². The minimum Gasteiger partial charge on any atom is -0.506 e. The molecule has 0 aliphatic heterocycles. The van der Waals surface area contributed by atoms with Crippen LogP contribution in [0.5, 0.6) is 5.75 Å². The number of benzene rings is 3. The molecule has 3 nitrogen and oxygen atoms in total. The molecule has 2 N–H and O–H groups in total. The van der Waals surface area contributed by atoms with Crippen molar-refractivity contribution in [2.75, 3.05) is 0 Å². The highest BCUT2D eigenvalue weighted by Gasteiger charge is 2.21. The normalized spacial score (nSPS) is 11.3. The van der Waals surface area contributed by atoms with Gasteiger partial charge < -0.3 is 10.1 Å². The summed E-state index contributed by atoms with van der Waals surface area (Å²) in [5.41, 5.74) is 10.0. The molecule has 4 aromatic rings. The maximum absolute atomic E-state index is 13.1. The van der Waals surface area contributed by atoms with Crippen molar-refractivity contribution in [3.05, 3.63) is 86.2 Å². The Bertz CT molecular complexity index is 1380. The number of nitrogens with one attached hydrogen (secondary N) is 1. The summed E-state index contributed by atoms with van der Waals surface area (Å²) in [4.78, 5) is 16.2. The predicted molar refractivity (Wildman–Crippen MR) is 126 cm³/mol. The molecule has 0 bridgehead atoms. The zero-order valence-corrected chi connectivity index (χ0v) is 18.4. The zero-order chi connectivity index (χ0) is 21.7. The second kappa shape index (κ2) is 7.17. The van der Waals surface area contributed by atoms with Crippen LogP contribution in [0.4, 0.5) is 0 Å². The Hall–Kier alpha value is -3.33. The SMILES string of the molecule is Cc1cccc(-c2c(O)c3c(-c4cccc(C)c4C)cc(C)c(C)c3[nH]c2=O)c1C. The Balaban J connectivity index is 2.20. The van der Waals surface area contributed by atoms with Crippen LogP contribution >= 0.6 is 0 Å². The number of aromatic amines is 1. The van der Waals surface area contributed by atoms with Crippen molar-refractivity contribution in [3.8, 4) is 28.0 Å². The van der Waals surface area contributed by atoms with Crippen molar-refractivity contribution in [1.29, 1.82) is 0 Å². The zero-order valence-electron chi connectivity index (χ0n) is 18.4. The molecule has 0 saturated heterocycles. The quantitative estimate of drug-likeness (QED) is 0.410. The summed E-state index contributed by atoms with van der Waals surface area (Å²) in [5.74, 6) is 0.0430. The maximum Gasteiger partial charge on any atom is 0.260 e. The number of aromatic nitrogens is 1. The van der Waals surface area contributed by atoms with E-state index in [-0.39, 0.29) is 11.3 Å². The number of aryl methyl sites for hydroxylation is 4. The van der Waals surface area contributed by atoms with E-state index < -0.39 is 0 Å². The van der Waals surface area contributed by atoms with E-state index in [1.54, 1.807) is 0 Å². The molecular formula is C27H27NO2. The molecule has 0 fully saturated rings. The number of fused-ring (bicyclic) bond motifs is 1. The van der Waals surface area contributed by atoms with Crippen LogP contribution < -0.4 is 5.56 Å². The predicted octanol–water partition coefficient (Wildman–Crippen LogP) is 6.42. The minimum absolute atomic E-state index is 0.0430. The van der Waals surface area contributed by atoms with Crippen LogP contribution in [-0.2, 0) is 0 Å². The molecule has 0 atom stereocenters.